The van der Waals surface area contributed by atoms with Gasteiger partial charge in [0.05, 0.1) is 29.9 Å². The second-order valence-electron chi connectivity index (χ2n) is 9.12. The SMILES string of the molecule is CC1(C)Cc2cccc(OCC(=O)NCc3nn(Cc4ccccn4)c(=O)c4ccccc34)c2O1. The molecule has 1 aliphatic rings. The molecule has 0 unspecified atom stereocenters. The predicted molar refractivity (Wildman–Crippen MR) is 132 cm³/mol. The first-order valence-electron chi connectivity index (χ1n) is 11.5. The predicted octanol–water partition coefficient (Wildman–Crippen LogP) is 3.25. The summed E-state index contributed by atoms with van der Waals surface area (Å²) < 4.78 is 13.2. The van der Waals surface area contributed by atoms with Crippen molar-refractivity contribution < 1.29 is 14.3 Å². The van der Waals surface area contributed by atoms with Gasteiger partial charge in [-0.15, -0.1) is 0 Å². The van der Waals surface area contributed by atoms with Crippen molar-refractivity contribution in [3.8, 4) is 11.5 Å². The van der Waals surface area contributed by atoms with Crippen LogP contribution in [0, 0.1) is 0 Å². The molecule has 0 bridgehead atoms. The van der Waals surface area contributed by atoms with Gasteiger partial charge in [-0.2, -0.15) is 5.10 Å². The maximum Gasteiger partial charge on any atom is 0.275 e. The van der Waals surface area contributed by atoms with Crippen LogP contribution in [0.15, 0.2) is 71.7 Å². The number of carbonyl (C=O) groups is 1. The summed E-state index contributed by atoms with van der Waals surface area (Å²) in [5, 5.41) is 8.64. The second kappa shape index (κ2) is 9.21. The normalized spacial score (nSPS) is 13.8. The van der Waals surface area contributed by atoms with E-state index in [0.717, 1.165) is 17.7 Å². The molecule has 2 aromatic carbocycles. The standard InChI is InChI=1S/C27H26N4O4/c1-27(2)14-18-8-7-12-23(25(18)35-27)34-17-24(32)29-15-22-20-10-3-4-11-21(20)26(33)31(30-22)16-19-9-5-6-13-28-19/h3-13H,14-17H2,1-2H3,(H,29,32). The van der Waals surface area contributed by atoms with Gasteiger partial charge in [0.25, 0.3) is 11.5 Å². The maximum atomic E-state index is 13.0. The molecule has 3 heterocycles. The number of ether oxygens (including phenoxy) is 2. The Morgan fingerprint density at radius 2 is 1.89 bits per heavy atom. The molecular formula is C27H26N4O4. The maximum absolute atomic E-state index is 13.0. The van der Waals surface area contributed by atoms with E-state index in [1.165, 1.54) is 4.68 Å². The van der Waals surface area contributed by atoms with Crippen molar-refractivity contribution in [3.63, 3.8) is 0 Å². The molecule has 0 radical (unpaired) electrons. The van der Waals surface area contributed by atoms with Crippen LogP contribution < -0.4 is 20.3 Å². The van der Waals surface area contributed by atoms with Crippen LogP contribution in [0.25, 0.3) is 10.8 Å². The molecule has 178 valence electrons. The Hall–Kier alpha value is -4.20. The van der Waals surface area contributed by atoms with Crippen molar-refractivity contribution in [2.45, 2.75) is 39.0 Å². The number of pyridine rings is 1. The Kier molecular flexibility index (Phi) is 5.94. The fraction of sp³-hybridized carbons (Fsp3) is 0.259. The Morgan fingerprint density at radius 3 is 2.69 bits per heavy atom. The Bertz CT molecular complexity index is 1450. The number of hydrogen-bond acceptors (Lipinski definition) is 6. The van der Waals surface area contributed by atoms with Gasteiger partial charge in [0.1, 0.15) is 5.60 Å². The molecule has 0 fully saturated rings. The average molecular weight is 471 g/mol. The topological polar surface area (TPSA) is 95.3 Å². The number of benzene rings is 2. The molecule has 35 heavy (non-hydrogen) atoms. The van der Waals surface area contributed by atoms with Gasteiger partial charge >= 0.3 is 0 Å². The van der Waals surface area contributed by atoms with Gasteiger partial charge in [-0.05, 0) is 38.1 Å². The summed E-state index contributed by atoms with van der Waals surface area (Å²) in [6.07, 6.45) is 2.47. The number of aromatic nitrogens is 3. The molecule has 8 nitrogen and oxygen atoms in total. The summed E-state index contributed by atoms with van der Waals surface area (Å²) in [6, 6.07) is 18.5. The van der Waals surface area contributed by atoms with Gasteiger partial charge in [0.2, 0.25) is 0 Å². The lowest BCUT2D eigenvalue weighted by Crippen LogP contribution is -2.31. The van der Waals surface area contributed by atoms with E-state index in [-0.39, 0.29) is 36.8 Å². The van der Waals surface area contributed by atoms with E-state index in [4.69, 9.17) is 9.47 Å². The summed E-state index contributed by atoms with van der Waals surface area (Å²) in [6.45, 7) is 4.28. The van der Waals surface area contributed by atoms with Gasteiger partial charge in [0, 0.05) is 23.6 Å². The lowest BCUT2D eigenvalue weighted by molar-refractivity contribution is -0.123. The monoisotopic (exact) mass is 470 g/mol. The summed E-state index contributed by atoms with van der Waals surface area (Å²) in [7, 11) is 0. The van der Waals surface area contributed by atoms with E-state index in [1.54, 1.807) is 18.3 Å². The second-order valence-corrected chi connectivity index (χ2v) is 9.12. The molecule has 1 amide bonds. The molecule has 8 heteroatoms. The van der Waals surface area contributed by atoms with Crippen LogP contribution in [0.3, 0.4) is 0 Å². The van der Waals surface area contributed by atoms with Crippen molar-refractivity contribution in [1.29, 1.82) is 0 Å². The molecule has 4 aromatic rings. The molecule has 5 rings (SSSR count). The molecule has 0 spiro atoms. The van der Waals surface area contributed by atoms with E-state index in [9.17, 15) is 9.59 Å². The number of para-hydroxylation sites is 1. The molecular weight excluding hydrogens is 444 g/mol. The van der Waals surface area contributed by atoms with Crippen molar-refractivity contribution in [2.75, 3.05) is 6.61 Å². The van der Waals surface area contributed by atoms with E-state index >= 15 is 0 Å². The minimum atomic E-state index is -0.298. The van der Waals surface area contributed by atoms with Crippen molar-refractivity contribution >= 4 is 16.7 Å². The molecule has 0 saturated carbocycles. The highest BCUT2D eigenvalue weighted by Gasteiger charge is 2.32. The third-order valence-electron chi connectivity index (χ3n) is 5.85. The fourth-order valence-electron chi connectivity index (χ4n) is 4.27. The molecule has 0 atom stereocenters. The van der Waals surface area contributed by atoms with E-state index in [0.29, 0.717) is 28.0 Å². The van der Waals surface area contributed by atoms with Crippen LogP contribution in [0.4, 0.5) is 0 Å². The van der Waals surface area contributed by atoms with Crippen LogP contribution in [0.2, 0.25) is 0 Å². The smallest absolute Gasteiger partial charge is 0.275 e. The molecule has 1 N–H and O–H groups in total. The zero-order chi connectivity index (χ0) is 24.4. The highest BCUT2D eigenvalue weighted by Crippen LogP contribution is 2.41. The van der Waals surface area contributed by atoms with Crippen molar-refractivity contribution in [3.05, 3.63) is 94.2 Å². The third kappa shape index (κ3) is 4.87. The highest BCUT2D eigenvalue weighted by atomic mass is 16.5. The zero-order valence-corrected chi connectivity index (χ0v) is 19.7. The number of carbonyl (C=O) groups excluding carboxylic acids is 1. The van der Waals surface area contributed by atoms with E-state index in [1.807, 2.05) is 62.4 Å². The largest absolute Gasteiger partial charge is 0.483 e. The van der Waals surface area contributed by atoms with Gasteiger partial charge < -0.3 is 14.8 Å². The first kappa shape index (κ1) is 22.6. The van der Waals surface area contributed by atoms with E-state index < -0.39 is 0 Å². The minimum Gasteiger partial charge on any atom is -0.483 e. The van der Waals surface area contributed by atoms with Crippen LogP contribution in [-0.4, -0.2) is 32.9 Å². The summed E-state index contributed by atoms with van der Waals surface area (Å²) in [5.41, 5.74) is 1.88. The molecule has 0 aliphatic carbocycles. The first-order chi connectivity index (χ1) is 16.9. The Balaban J connectivity index is 1.30. The molecule has 0 saturated heterocycles. The number of nitrogens with zero attached hydrogens (tertiary/aromatic N) is 3. The minimum absolute atomic E-state index is 0.154. The van der Waals surface area contributed by atoms with Crippen LogP contribution in [0.5, 0.6) is 11.5 Å². The highest BCUT2D eigenvalue weighted by molar-refractivity contribution is 5.84. The van der Waals surface area contributed by atoms with Crippen LogP contribution in [0.1, 0.15) is 30.8 Å². The van der Waals surface area contributed by atoms with Crippen molar-refractivity contribution in [1.82, 2.24) is 20.1 Å². The number of hydrogen-bond donors (Lipinski definition) is 1. The van der Waals surface area contributed by atoms with E-state index in [2.05, 4.69) is 15.4 Å². The van der Waals surface area contributed by atoms with Gasteiger partial charge in [-0.1, -0.05) is 36.4 Å². The number of fused-ring (bicyclic) bond motifs is 2. The average Bonchev–Trinajstić information content (AvgIpc) is 3.18. The summed E-state index contributed by atoms with van der Waals surface area (Å²) >= 11 is 0. The number of amides is 1. The lowest BCUT2D eigenvalue weighted by Gasteiger charge is -2.18. The quantitative estimate of drug-likeness (QED) is 0.446. The third-order valence-corrected chi connectivity index (χ3v) is 5.85. The zero-order valence-electron chi connectivity index (χ0n) is 19.7. The van der Waals surface area contributed by atoms with Gasteiger partial charge in [-0.3, -0.25) is 14.6 Å². The van der Waals surface area contributed by atoms with Crippen LogP contribution in [-0.2, 0) is 24.3 Å². The van der Waals surface area contributed by atoms with Gasteiger partial charge in [-0.25, -0.2) is 4.68 Å². The molecule has 1 aliphatic heterocycles. The summed E-state index contributed by atoms with van der Waals surface area (Å²) in [4.78, 5) is 29.9. The number of nitrogens with one attached hydrogen (secondary N) is 1. The first-order valence-corrected chi connectivity index (χ1v) is 11.5. The van der Waals surface area contributed by atoms with Crippen LogP contribution >= 0.6 is 0 Å². The number of rotatable bonds is 7. The van der Waals surface area contributed by atoms with Gasteiger partial charge in [0.15, 0.2) is 18.1 Å². The van der Waals surface area contributed by atoms with Crippen molar-refractivity contribution in [2.24, 2.45) is 0 Å². The fourth-order valence-corrected chi connectivity index (χ4v) is 4.27. The Labute approximate surface area is 202 Å². The Morgan fingerprint density at radius 1 is 1.09 bits per heavy atom. The summed E-state index contributed by atoms with van der Waals surface area (Å²) in [5.74, 6) is 0.948. The molecule has 2 aromatic heterocycles. The lowest BCUT2D eigenvalue weighted by atomic mass is 10.0.